The standard InChI is InChI=1S/C13H28N2O2/c1-12(2,16-3)9-6-11(15-14)10-13(17-4)7-5-8-13/h11,15H,5-10,14H2,1-4H3. The van der Waals surface area contributed by atoms with Gasteiger partial charge in [-0.3, -0.25) is 11.3 Å². The second-order valence-electron chi connectivity index (χ2n) is 5.81. The fourth-order valence-electron chi connectivity index (χ4n) is 2.38. The Labute approximate surface area is 105 Å². The molecule has 4 nitrogen and oxygen atoms in total. The fraction of sp³-hybridized carbons (Fsp3) is 1.00. The van der Waals surface area contributed by atoms with Crippen LogP contribution >= 0.6 is 0 Å². The van der Waals surface area contributed by atoms with E-state index in [4.69, 9.17) is 15.3 Å². The highest BCUT2D eigenvalue weighted by Gasteiger charge is 2.39. The van der Waals surface area contributed by atoms with Crippen molar-refractivity contribution >= 4 is 0 Å². The third-order valence-corrected chi connectivity index (χ3v) is 4.20. The molecule has 1 aliphatic carbocycles. The second-order valence-corrected chi connectivity index (χ2v) is 5.81. The van der Waals surface area contributed by atoms with Crippen LogP contribution in [0, 0.1) is 0 Å². The zero-order valence-corrected chi connectivity index (χ0v) is 11.7. The normalized spacial score (nSPS) is 21.0. The summed E-state index contributed by atoms with van der Waals surface area (Å²) in [5.41, 5.74) is 2.92. The molecule has 3 N–H and O–H groups in total. The zero-order valence-electron chi connectivity index (χ0n) is 11.7. The molecular formula is C13H28N2O2. The Balaban J connectivity index is 2.38. The van der Waals surface area contributed by atoms with Gasteiger partial charge in [-0.05, 0) is 52.4 Å². The van der Waals surface area contributed by atoms with Gasteiger partial charge in [0.1, 0.15) is 0 Å². The molecule has 1 unspecified atom stereocenters. The molecule has 1 fully saturated rings. The first kappa shape index (κ1) is 14.9. The van der Waals surface area contributed by atoms with Crippen LogP contribution in [-0.4, -0.2) is 31.5 Å². The number of nitrogens with two attached hydrogens (primary N) is 1. The van der Waals surface area contributed by atoms with Crippen LogP contribution in [0.2, 0.25) is 0 Å². The summed E-state index contributed by atoms with van der Waals surface area (Å²) in [7, 11) is 3.57. The maximum atomic E-state index is 5.64. The van der Waals surface area contributed by atoms with E-state index in [1.165, 1.54) is 6.42 Å². The quantitative estimate of drug-likeness (QED) is 0.506. The first-order chi connectivity index (χ1) is 7.97. The maximum Gasteiger partial charge on any atom is 0.0694 e. The van der Waals surface area contributed by atoms with Crippen molar-refractivity contribution in [3.05, 3.63) is 0 Å². The van der Waals surface area contributed by atoms with Gasteiger partial charge in [0, 0.05) is 20.3 Å². The topological polar surface area (TPSA) is 56.5 Å². The van der Waals surface area contributed by atoms with Crippen molar-refractivity contribution in [1.29, 1.82) is 0 Å². The lowest BCUT2D eigenvalue weighted by atomic mass is 9.75. The Morgan fingerprint density at radius 3 is 2.35 bits per heavy atom. The Hall–Kier alpha value is -0.160. The lowest BCUT2D eigenvalue weighted by molar-refractivity contribution is -0.0853. The summed E-state index contributed by atoms with van der Waals surface area (Å²) < 4.78 is 11.1. The van der Waals surface area contributed by atoms with Gasteiger partial charge < -0.3 is 9.47 Å². The number of hydrogen-bond acceptors (Lipinski definition) is 4. The molecular weight excluding hydrogens is 216 g/mol. The van der Waals surface area contributed by atoms with Crippen LogP contribution in [0.15, 0.2) is 0 Å². The molecule has 1 saturated carbocycles. The van der Waals surface area contributed by atoms with Crippen LogP contribution in [0.5, 0.6) is 0 Å². The molecule has 0 saturated heterocycles. The van der Waals surface area contributed by atoms with E-state index in [2.05, 4.69) is 19.3 Å². The van der Waals surface area contributed by atoms with E-state index < -0.39 is 0 Å². The third kappa shape index (κ3) is 4.21. The summed E-state index contributed by atoms with van der Waals surface area (Å²) in [6.07, 6.45) is 6.61. The molecule has 0 spiro atoms. The van der Waals surface area contributed by atoms with Crippen LogP contribution < -0.4 is 11.3 Å². The third-order valence-electron chi connectivity index (χ3n) is 4.20. The highest BCUT2D eigenvalue weighted by Crippen LogP contribution is 2.39. The molecule has 0 bridgehead atoms. The molecule has 0 aromatic carbocycles. The number of methoxy groups -OCH3 is 2. The van der Waals surface area contributed by atoms with Gasteiger partial charge >= 0.3 is 0 Å². The number of ether oxygens (including phenoxy) is 2. The SMILES string of the molecule is COC(C)(C)CCC(CC1(OC)CCC1)NN. The number of nitrogens with one attached hydrogen (secondary N) is 1. The van der Waals surface area contributed by atoms with Gasteiger partial charge in [0.05, 0.1) is 11.2 Å². The molecule has 0 heterocycles. The first-order valence-corrected chi connectivity index (χ1v) is 6.53. The van der Waals surface area contributed by atoms with Crippen LogP contribution in [0.4, 0.5) is 0 Å². The summed E-state index contributed by atoms with van der Waals surface area (Å²) >= 11 is 0. The van der Waals surface area contributed by atoms with Gasteiger partial charge in [-0.1, -0.05) is 0 Å². The van der Waals surface area contributed by atoms with Crippen molar-refractivity contribution in [2.75, 3.05) is 14.2 Å². The lowest BCUT2D eigenvalue weighted by Crippen LogP contribution is -2.48. The summed E-state index contributed by atoms with van der Waals surface area (Å²) in [6.45, 7) is 4.21. The summed E-state index contributed by atoms with van der Waals surface area (Å²) in [5, 5.41) is 0. The van der Waals surface area contributed by atoms with E-state index in [1.807, 2.05) is 7.11 Å². The highest BCUT2D eigenvalue weighted by molar-refractivity contribution is 4.93. The fourth-order valence-corrected chi connectivity index (χ4v) is 2.38. The predicted octanol–water partition coefficient (Wildman–Crippen LogP) is 1.98. The molecule has 1 aliphatic rings. The highest BCUT2D eigenvalue weighted by atomic mass is 16.5. The van der Waals surface area contributed by atoms with Crippen molar-refractivity contribution in [1.82, 2.24) is 5.43 Å². The van der Waals surface area contributed by atoms with Gasteiger partial charge in [0.15, 0.2) is 0 Å². The van der Waals surface area contributed by atoms with E-state index in [9.17, 15) is 0 Å². The number of rotatable bonds is 8. The Morgan fingerprint density at radius 1 is 1.35 bits per heavy atom. The Kier molecular flexibility index (Phi) is 5.38. The lowest BCUT2D eigenvalue weighted by Gasteiger charge is -2.43. The Bertz CT molecular complexity index is 222. The number of hydrogen-bond donors (Lipinski definition) is 2. The largest absolute Gasteiger partial charge is 0.379 e. The van der Waals surface area contributed by atoms with Crippen LogP contribution in [0.1, 0.15) is 52.4 Å². The van der Waals surface area contributed by atoms with E-state index in [0.717, 1.165) is 32.1 Å². The minimum Gasteiger partial charge on any atom is -0.379 e. The molecule has 0 aromatic rings. The average Bonchev–Trinajstić information content (AvgIpc) is 2.27. The van der Waals surface area contributed by atoms with Crippen molar-refractivity contribution < 1.29 is 9.47 Å². The molecule has 0 aliphatic heterocycles. The van der Waals surface area contributed by atoms with E-state index in [0.29, 0.717) is 6.04 Å². The molecule has 0 aromatic heterocycles. The summed E-state index contributed by atoms with van der Waals surface area (Å²) in [6, 6.07) is 0.310. The average molecular weight is 244 g/mol. The van der Waals surface area contributed by atoms with Gasteiger partial charge in [-0.15, -0.1) is 0 Å². The Morgan fingerprint density at radius 2 is 2.00 bits per heavy atom. The van der Waals surface area contributed by atoms with Gasteiger partial charge in [-0.2, -0.15) is 0 Å². The molecule has 4 heteroatoms. The minimum absolute atomic E-state index is 0.0745. The first-order valence-electron chi connectivity index (χ1n) is 6.53. The van der Waals surface area contributed by atoms with Gasteiger partial charge in [0.25, 0.3) is 0 Å². The van der Waals surface area contributed by atoms with E-state index in [-0.39, 0.29) is 11.2 Å². The maximum absolute atomic E-state index is 5.64. The van der Waals surface area contributed by atoms with Crippen molar-refractivity contribution in [3.8, 4) is 0 Å². The minimum atomic E-state index is -0.0745. The zero-order chi connectivity index (χ0) is 12.9. The van der Waals surface area contributed by atoms with Crippen LogP contribution in [0.3, 0.4) is 0 Å². The van der Waals surface area contributed by atoms with Crippen LogP contribution in [-0.2, 0) is 9.47 Å². The van der Waals surface area contributed by atoms with E-state index in [1.54, 1.807) is 7.11 Å². The van der Waals surface area contributed by atoms with Crippen molar-refractivity contribution in [3.63, 3.8) is 0 Å². The molecule has 1 atom stereocenters. The molecule has 1 rings (SSSR count). The smallest absolute Gasteiger partial charge is 0.0694 e. The van der Waals surface area contributed by atoms with Crippen LogP contribution in [0.25, 0.3) is 0 Å². The van der Waals surface area contributed by atoms with Crippen molar-refractivity contribution in [2.24, 2.45) is 5.84 Å². The van der Waals surface area contributed by atoms with Gasteiger partial charge in [0.2, 0.25) is 0 Å². The molecule has 0 radical (unpaired) electrons. The molecule has 102 valence electrons. The number of hydrazine groups is 1. The monoisotopic (exact) mass is 244 g/mol. The predicted molar refractivity (Wildman–Crippen MR) is 69.6 cm³/mol. The van der Waals surface area contributed by atoms with Gasteiger partial charge in [-0.25, -0.2) is 0 Å². The summed E-state index contributed by atoms with van der Waals surface area (Å²) in [5.74, 6) is 5.64. The molecule has 0 amide bonds. The van der Waals surface area contributed by atoms with Crippen molar-refractivity contribution in [2.45, 2.75) is 69.6 Å². The molecule has 17 heavy (non-hydrogen) atoms. The van der Waals surface area contributed by atoms with E-state index >= 15 is 0 Å². The summed E-state index contributed by atoms with van der Waals surface area (Å²) in [4.78, 5) is 0. The second kappa shape index (κ2) is 6.14.